The lowest BCUT2D eigenvalue weighted by molar-refractivity contribution is -0.195. The van der Waals surface area contributed by atoms with Crippen molar-refractivity contribution in [1.82, 2.24) is 0 Å². The number of rotatable bonds is 6. The Morgan fingerprint density at radius 2 is 1.56 bits per heavy atom. The van der Waals surface area contributed by atoms with Crippen molar-refractivity contribution in [3.05, 3.63) is 0 Å². The van der Waals surface area contributed by atoms with Crippen molar-refractivity contribution in [1.29, 1.82) is 0 Å². The molecule has 32 heavy (non-hydrogen) atoms. The molecule has 4 saturated carbocycles. The first-order chi connectivity index (χ1) is 14.9. The summed E-state index contributed by atoms with van der Waals surface area (Å²) in [6.07, 6.45) is 14.2. The van der Waals surface area contributed by atoms with Gasteiger partial charge in [0.05, 0.1) is 11.7 Å². The number of aliphatic hydroxyl groups is 2. The van der Waals surface area contributed by atoms with Crippen LogP contribution in [0.3, 0.4) is 0 Å². The lowest BCUT2D eigenvalue weighted by Gasteiger charge is -2.66. The van der Waals surface area contributed by atoms with Crippen LogP contribution in [0.4, 0.5) is 0 Å². The highest BCUT2D eigenvalue weighted by atomic mass is 16.3. The van der Waals surface area contributed by atoms with Gasteiger partial charge in [0.2, 0.25) is 0 Å². The first-order valence-electron chi connectivity index (χ1n) is 14.3. The van der Waals surface area contributed by atoms with Crippen LogP contribution in [0.1, 0.15) is 126 Å². The third-order valence-corrected chi connectivity index (χ3v) is 12.5. The number of hydrogen-bond donors (Lipinski definition) is 2. The fourth-order valence-corrected chi connectivity index (χ4v) is 10.0. The SMILES string of the molecule is CC[C@]1(O)CC[C@]2(C)[C@H]3CC[C@]4(C)[C@@H]([C@H](C)[C@H](O)CCC(C)C)CC[C@H]4[C@@H]3CC[C@@]2(C)C1. The Hall–Kier alpha value is -0.0800. The second-order valence-electron chi connectivity index (χ2n) is 14.3. The lowest BCUT2D eigenvalue weighted by atomic mass is 9.39. The van der Waals surface area contributed by atoms with E-state index in [4.69, 9.17) is 0 Å². The van der Waals surface area contributed by atoms with Crippen LogP contribution in [0.15, 0.2) is 0 Å². The van der Waals surface area contributed by atoms with E-state index in [-0.39, 0.29) is 6.10 Å². The molecule has 4 aliphatic rings. The molecule has 0 aromatic carbocycles. The molecule has 0 bridgehead atoms. The summed E-state index contributed by atoms with van der Waals surface area (Å²) in [6, 6.07) is 0. The van der Waals surface area contributed by atoms with Gasteiger partial charge in [-0.3, -0.25) is 0 Å². The zero-order valence-electron chi connectivity index (χ0n) is 22.4. The van der Waals surface area contributed by atoms with Gasteiger partial charge < -0.3 is 10.2 Å². The van der Waals surface area contributed by atoms with E-state index < -0.39 is 5.60 Å². The summed E-state index contributed by atoms with van der Waals surface area (Å²) in [4.78, 5) is 0. The summed E-state index contributed by atoms with van der Waals surface area (Å²) in [6.45, 7) is 16.9. The molecule has 0 unspecified atom stereocenters. The molecule has 4 fully saturated rings. The van der Waals surface area contributed by atoms with E-state index in [2.05, 4.69) is 48.5 Å². The molecule has 186 valence electrons. The molecule has 2 nitrogen and oxygen atoms in total. The van der Waals surface area contributed by atoms with Crippen LogP contribution in [-0.2, 0) is 0 Å². The van der Waals surface area contributed by atoms with E-state index in [9.17, 15) is 10.2 Å². The predicted octanol–water partition coefficient (Wildman–Crippen LogP) is 7.61. The summed E-state index contributed by atoms with van der Waals surface area (Å²) in [5.74, 6) is 4.34. The maximum absolute atomic E-state index is 11.2. The molecule has 2 heteroatoms. The Bertz CT molecular complexity index is 674. The summed E-state index contributed by atoms with van der Waals surface area (Å²) in [5, 5.41) is 22.2. The maximum Gasteiger partial charge on any atom is 0.0650 e. The Balaban J connectivity index is 1.52. The van der Waals surface area contributed by atoms with Gasteiger partial charge in [-0.15, -0.1) is 0 Å². The van der Waals surface area contributed by atoms with Crippen molar-refractivity contribution in [2.75, 3.05) is 0 Å². The van der Waals surface area contributed by atoms with E-state index in [1.54, 1.807) is 0 Å². The zero-order valence-corrected chi connectivity index (χ0v) is 22.4. The van der Waals surface area contributed by atoms with E-state index >= 15 is 0 Å². The van der Waals surface area contributed by atoms with Crippen LogP contribution >= 0.6 is 0 Å². The van der Waals surface area contributed by atoms with Gasteiger partial charge in [0, 0.05) is 0 Å². The van der Waals surface area contributed by atoms with Gasteiger partial charge in [-0.2, -0.15) is 0 Å². The van der Waals surface area contributed by atoms with Gasteiger partial charge in [0.1, 0.15) is 0 Å². The zero-order chi connectivity index (χ0) is 23.5. The summed E-state index contributed by atoms with van der Waals surface area (Å²) >= 11 is 0. The Morgan fingerprint density at radius 3 is 2.22 bits per heavy atom. The smallest absolute Gasteiger partial charge is 0.0650 e. The van der Waals surface area contributed by atoms with Crippen LogP contribution < -0.4 is 0 Å². The monoisotopic (exact) mass is 446 g/mol. The molecular weight excluding hydrogens is 392 g/mol. The maximum atomic E-state index is 11.2. The highest BCUT2D eigenvalue weighted by molar-refractivity contribution is 5.14. The Morgan fingerprint density at radius 1 is 0.844 bits per heavy atom. The predicted molar refractivity (Wildman–Crippen MR) is 134 cm³/mol. The Labute approximate surface area is 199 Å². The summed E-state index contributed by atoms with van der Waals surface area (Å²) in [5.41, 5.74) is 0.676. The van der Waals surface area contributed by atoms with Crippen molar-refractivity contribution in [3.63, 3.8) is 0 Å². The molecule has 0 aliphatic heterocycles. The lowest BCUT2D eigenvalue weighted by Crippen LogP contribution is -2.60. The molecule has 0 aromatic rings. The van der Waals surface area contributed by atoms with E-state index in [0.29, 0.717) is 34.0 Å². The third-order valence-electron chi connectivity index (χ3n) is 12.5. The van der Waals surface area contributed by atoms with Crippen LogP contribution in [0.2, 0.25) is 0 Å². The van der Waals surface area contributed by atoms with Crippen LogP contribution in [0.25, 0.3) is 0 Å². The van der Waals surface area contributed by atoms with Gasteiger partial charge >= 0.3 is 0 Å². The minimum absolute atomic E-state index is 0.132. The standard InChI is InChI=1S/C30H54O2/c1-8-30(32)18-17-29(7)25-14-16-28(6)23(21(4)26(31)12-9-20(2)3)10-11-24(28)22(25)13-15-27(29,5)19-30/h20-26,31-32H,8-19H2,1-7H3/t21-,22-,23+,24-,25-,26+,27-,28+,29+,30-/m0/s1. The van der Waals surface area contributed by atoms with Crippen LogP contribution in [-0.4, -0.2) is 21.9 Å². The van der Waals surface area contributed by atoms with Gasteiger partial charge in [-0.1, -0.05) is 48.5 Å². The molecule has 4 rings (SSSR count). The van der Waals surface area contributed by atoms with Crippen LogP contribution in [0.5, 0.6) is 0 Å². The molecule has 0 radical (unpaired) electrons. The van der Waals surface area contributed by atoms with Gasteiger partial charge in [0.15, 0.2) is 0 Å². The number of fused-ring (bicyclic) bond motifs is 5. The fourth-order valence-electron chi connectivity index (χ4n) is 10.0. The van der Waals surface area contributed by atoms with E-state index in [1.807, 2.05) is 0 Å². The molecule has 4 aliphatic carbocycles. The van der Waals surface area contributed by atoms with Gasteiger partial charge in [-0.25, -0.2) is 0 Å². The fraction of sp³-hybridized carbons (Fsp3) is 1.00. The number of aliphatic hydroxyl groups excluding tert-OH is 1. The van der Waals surface area contributed by atoms with E-state index in [1.165, 1.54) is 44.9 Å². The average molecular weight is 447 g/mol. The quantitative estimate of drug-likeness (QED) is 0.441. The second-order valence-corrected chi connectivity index (χ2v) is 14.3. The van der Waals surface area contributed by atoms with Crippen molar-refractivity contribution in [2.24, 2.45) is 51.8 Å². The summed E-state index contributed by atoms with van der Waals surface area (Å²) < 4.78 is 0. The third kappa shape index (κ3) is 3.82. The molecular formula is C30H54O2. The molecule has 0 aromatic heterocycles. The molecule has 0 heterocycles. The molecule has 10 atom stereocenters. The Kier molecular flexibility index (Phi) is 6.68. The van der Waals surface area contributed by atoms with Crippen molar-refractivity contribution in [3.8, 4) is 0 Å². The summed E-state index contributed by atoms with van der Waals surface area (Å²) in [7, 11) is 0. The molecule has 0 spiro atoms. The van der Waals surface area contributed by atoms with E-state index in [0.717, 1.165) is 49.9 Å². The normalized spacial score (nSPS) is 50.4. The average Bonchev–Trinajstić information content (AvgIpc) is 3.09. The number of hydrogen-bond acceptors (Lipinski definition) is 2. The van der Waals surface area contributed by atoms with Gasteiger partial charge in [-0.05, 0) is 129 Å². The highest BCUT2D eigenvalue weighted by Crippen LogP contribution is 2.72. The first-order valence-corrected chi connectivity index (χ1v) is 14.3. The topological polar surface area (TPSA) is 40.5 Å². The highest BCUT2D eigenvalue weighted by Gasteiger charge is 2.64. The van der Waals surface area contributed by atoms with Gasteiger partial charge in [0.25, 0.3) is 0 Å². The second kappa shape index (κ2) is 8.54. The van der Waals surface area contributed by atoms with Crippen molar-refractivity contribution < 1.29 is 10.2 Å². The minimum atomic E-state index is -0.426. The first kappa shape index (κ1) is 25.0. The molecule has 2 N–H and O–H groups in total. The van der Waals surface area contributed by atoms with Crippen molar-refractivity contribution in [2.45, 2.75) is 137 Å². The largest absolute Gasteiger partial charge is 0.393 e. The molecule has 0 saturated heterocycles. The van der Waals surface area contributed by atoms with Crippen molar-refractivity contribution >= 4 is 0 Å². The molecule has 0 amide bonds. The minimum Gasteiger partial charge on any atom is -0.393 e. The van der Waals surface area contributed by atoms with Crippen LogP contribution in [0, 0.1) is 51.8 Å².